The number of hydrogen-bond acceptors (Lipinski definition) is 0. The minimum Gasteiger partial charge on any atom is -0.123 e. The molecule has 0 aromatic rings. The molecule has 0 heterocycles. The van der Waals surface area contributed by atoms with Gasteiger partial charge in [0.2, 0.25) is 0 Å². The predicted octanol–water partition coefficient (Wildman–Crippen LogP) is 1.74. The molecule has 9 heavy (non-hydrogen) atoms. The third-order valence-electron chi connectivity index (χ3n) is 1.20. The molecule has 0 nitrogen and oxygen atoms in total. The molecule has 0 aromatic carbocycles. The molecule has 0 radical (unpaired) electrons. The van der Waals surface area contributed by atoms with Crippen LogP contribution >= 0.6 is 11.6 Å². The van der Waals surface area contributed by atoms with Crippen LogP contribution in [-0.4, -0.2) is 16.3 Å². The lowest BCUT2D eigenvalue weighted by molar-refractivity contribution is 0.665. The van der Waals surface area contributed by atoms with Crippen molar-refractivity contribution in [1.29, 1.82) is 0 Å². The molecule has 0 unspecified atom stereocenters. The van der Waals surface area contributed by atoms with Gasteiger partial charge in [-0.1, -0.05) is 26.7 Å². The number of alkyl halides is 1. The van der Waals surface area contributed by atoms with Gasteiger partial charge < -0.3 is 0 Å². The van der Waals surface area contributed by atoms with Crippen molar-refractivity contribution in [1.82, 2.24) is 0 Å². The molecule has 0 saturated heterocycles. The van der Waals surface area contributed by atoms with Gasteiger partial charge in [0, 0.05) is 5.38 Å². The van der Waals surface area contributed by atoms with E-state index in [9.17, 15) is 0 Å². The van der Waals surface area contributed by atoms with E-state index in [1.54, 1.807) is 0 Å². The van der Waals surface area contributed by atoms with Crippen molar-refractivity contribution in [3.8, 4) is 0 Å². The lowest BCUT2D eigenvalue weighted by Crippen LogP contribution is -1.94. The highest BCUT2D eigenvalue weighted by Gasteiger charge is 1.98. The fraction of sp³-hybridized carbons (Fsp3) is 1.00. The van der Waals surface area contributed by atoms with Crippen LogP contribution in [0.1, 0.15) is 39.5 Å². The molecule has 0 amide bonds. The first-order chi connectivity index (χ1) is 3.81. The lowest BCUT2D eigenvalue weighted by atomic mass is 10.2. The summed E-state index contributed by atoms with van der Waals surface area (Å²) in [6, 6.07) is 0. The highest BCUT2D eigenvalue weighted by atomic mass is 35.5. The van der Waals surface area contributed by atoms with Crippen LogP contribution in [0.2, 0.25) is 0 Å². The van der Waals surface area contributed by atoms with Gasteiger partial charge in [-0.15, -0.1) is 11.6 Å². The lowest BCUT2D eigenvalue weighted by Gasteiger charge is -2.02. The third kappa shape index (κ3) is 8.51. The van der Waals surface area contributed by atoms with Crippen molar-refractivity contribution in [2.45, 2.75) is 44.9 Å². The van der Waals surface area contributed by atoms with Gasteiger partial charge in [0.15, 0.2) is 0 Å². The van der Waals surface area contributed by atoms with Crippen molar-refractivity contribution < 1.29 is 0 Å². The fourth-order valence-corrected chi connectivity index (χ4v) is 1.21. The van der Waals surface area contributed by atoms with E-state index in [2.05, 4.69) is 13.8 Å². The van der Waals surface area contributed by atoms with Crippen LogP contribution in [0.15, 0.2) is 0 Å². The maximum Gasteiger partial charge on any atom is 0.0335 e. The fourth-order valence-electron chi connectivity index (χ4n) is 0.771. The van der Waals surface area contributed by atoms with Gasteiger partial charge >= 0.3 is 0 Å². The number of halogens is 1. The molecule has 0 aromatic heterocycles. The molecule has 2 heteroatoms. The number of rotatable bonds is 4. The third-order valence-corrected chi connectivity index (χ3v) is 1.64. The van der Waals surface area contributed by atoms with Crippen LogP contribution < -0.4 is 0 Å². The van der Waals surface area contributed by atoms with E-state index in [-0.39, 0.29) is 11.0 Å². The maximum absolute atomic E-state index is 5.88. The molecule has 0 aliphatic carbocycles. The summed E-state index contributed by atoms with van der Waals surface area (Å²) in [5, 5.41) is 0.435. The molecule has 0 aliphatic heterocycles. The first-order valence-electron chi connectivity index (χ1n) is 3.45. The monoisotopic (exact) mass is 166 g/mol. The van der Waals surface area contributed by atoms with E-state index >= 15 is 0 Å². The highest BCUT2D eigenvalue weighted by Crippen LogP contribution is 2.10. The average molecular weight is 167 g/mol. The van der Waals surface area contributed by atoms with Gasteiger partial charge in [-0.25, -0.2) is 0 Å². The summed E-state index contributed by atoms with van der Waals surface area (Å²) < 4.78 is 0. The van der Waals surface area contributed by atoms with Gasteiger partial charge in [-0.3, -0.25) is 0 Å². The van der Waals surface area contributed by atoms with Crippen molar-refractivity contribution >= 4 is 22.6 Å². The molecule has 0 N–H and O–H groups in total. The molecular weight excluding hydrogens is 148 g/mol. The quantitative estimate of drug-likeness (QED) is 0.441. The van der Waals surface area contributed by atoms with Crippen LogP contribution in [0.25, 0.3) is 0 Å². The molecule has 0 aliphatic rings. The first-order valence-corrected chi connectivity index (χ1v) is 3.89. The summed E-state index contributed by atoms with van der Waals surface area (Å²) >= 11 is 5.88. The second-order valence-corrected chi connectivity index (χ2v) is 2.79. The Balaban J connectivity index is 0. The predicted molar refractivity (Wildman–Crippen MR) is 50.8 cm³/mol. The Hall–Kier alpha value is 0.507. The average Bonchev–Trinajstić information content (AvgIpc) is 1.68. The van der Waals surface area contributed by atoms with E-state index in [1.807, 2.05) is 0 Å². The van der Waals surface area contributed by atoms with E-state index in [0.717, 1.165) is 0 Å². The summed E-state index contributed by atoms with van der Waals surface area (Å²) in [6.07, 6.45) is 4.78. The van der Waals surface area contributed by atoms with Gasteiger partial charge in [0.1, 0.15) is 0 Å². The zero-order valence-electron chi connectivity index (χ0n) is 5.78. The Morgan fingerprint density at radius 1 is 1.11 bits per heavy atom. The highest BCUT2D eigenvalue weighted by molar-refractivity contribution is 6.20. The molecule has 0 spiro atoms. The summed E-state index contributed by atoms with van der Waals surface area (Å²) in [6.45, 7) is 4.34. The van der Waals surface area contributed by atoms with Crippen LogP contribution in [-0.2, 0) is 0 Å². The SMILES string of the molecule is CCCC(Cl)CCC.[SiH4]. The van der Waals surface area contributed by atoms with E-state index in [1.165, 1.54) is 25.7 Å². The Labute approximate surface area is 68.0 Å². The molecule has 0 rings (SSSR count). The van der Waals surface area contributed by atoms with Crippen molar-refractivity contribution in [2.75, 3.05) is 0 Å². The smallest absolute Gasteiger partial charge is 0.0335 e. The van der Waals surface area contributed by atoms with Crippen LogP contribution in [0.3, 0.4) is 0 Å². The summed E-state index contributed by atoms with van der Waals surface area (Å²) in [7, 11) is 0. The molecule has 0 fully saturated rings. The topological polar surface area (TPSA) is 0 Å². The normalized spacial score (nSPS) is 9.33. The van der Waals surface area contributed by atoms with E-state index in [4.69, 9.17) is 11.6 Å². The Bertz CT molecular complexity index is 42.2. The summed E-state index contributed by atoms with van der Waals surface area (Å²) in [4.78, 5) is 0. The second-order valence-electron chi connectivity index (χ2n) is 2.17. The largest absolute Gasteiger partial charge is 0.123 e. The Morgan fingerprint density at radius 2 is 1.44 bits per heavy atom. The number of hydrogen-bond donors (Lipinski definition) is 0. The summed E-state index contributed by atoms with van der Waals surface area (Å²) in [5.74, 6) is 0. The van der Waals surface area contributed by atoms with E-state index in [0.29, 0.717) is 5.38 Å². The van der Waals surface area contributed by atoms with Gasteiger partial charge in [0.05, 0.1) is 0 Å². The van der Waals surface area contributed by atoms with E-state index < -0.39 is 0 Å². The summed E-state index contributed by atoms with van der Waals surface area (Å²) in [5.41, 5.74) is 0. The Kier molecular flexibility index (Phi) is 11.5. The van der Waals surface area contributed by atoms with Crippen molar-refractivity contribution in [3.63, 3.8) is 0 Å². The molecular formula is C7H19ClSi. The first kappa shape index (κ1) is 12.2. The van der Waals surface area contributed by atoms with Gasteiger partial charge in [-0.2, -0.15) is 0 Å². The van der Waals surface area contributed by atoms with Crippen LogP contribution in [0, 0.1) is 0 Å². The van der Waals surface area contributed by atoms with Gasteiger partial charge in [0.25, 0.3) is 0 Å². The molecule has 0 atom stereocenters. The minimum atomic E-state index is 0. The van der Waals surface area contributed by atoms with Gasteiger partial charge in [-0.05, 0) is 23.8 Å². The Morgan fingerprint density at radius 3 is 1.67 bits per heavy atom. The molecule has 0 bridgehead atoms. The van der Waals surface area contributed by atoms with Crippen molar-refractivity contribution in [2.24, 2.45) is 0 Å². The molecule has 0 saturated carbocycles. The standard InChI is InChI=1S/C7H15Cl.H4Si/c1-3-5-7(8)6-4-2;/h7H,3-6H2,1-2H3;1H4. The molecule has 58 valence electrons. The second kappa shape index (κ2) is 8.51. The van der Waals surface area contributed by atoms with Crippen molar-refractivity contribution in [3.05, 3.63) is 0 Å². The van der Waals surface area contributed by atoms with Crippen LogP contribution in [0.5, 0.6) is 0 Å². The zero-order chi connectivity index (χ0) is 6.41. The maximum atomic E-state index is 5.88. The van der Waals surface area contributed by atoms with Crippen LogP contribution in [0.4, 0.5) is 0 Å². The zero-order valence-corrected chi connectivity index (χ0v) is 6.54. The minimum absolute atomic E-state index is 0.